The van der Waals surface area contributed by atoms with E-state index < -0.39 is 10.0 Å². The van der Waals surface area contributed by atoms with Crippen LogP contribution in [0.5, 0.6) is 0 Å². The van der Waals surface area contributed by atoms with E-state index in [9.17, 15) is 13.2 Å². The molecule has 0 unspecified atom stereocenters. The molecule has 1 aromatic carbocycles. The summed E-state index contributed by atoms with van der Waals surface area (Å²) >= 11 is 0. The Hall–Kier alpha value is -2.23. The Morgan fingerprint density at radius 2 is 1.79 bits per heavy atom. The Bertz CT molecular complexity index is 964. The van der Waals surface area contributed by atoms with Crippen molar-refractivity contribution >= 4 is 21.6 Å². The van der Waals surface area contributed by atoms with Crippen LogP contribution in [0, 0.1) is 13.8 Å². The molecule has 1 amide bonds. The van der Waals surface area contributed by atoms with Gasteiger partial charge in [-0.25, -0.2) is 8.42 Å². The molecule has 9 heteroatoms. The van der Waals surface area contributed by atoms with E-state index in [1.165, 1.54) is 8.99 Å². The van der Waals surface area contributed by atoms with Gasteiger partial charge in [-0.2, -0.15) is 9.40 Å². The number of nitrogens with zero attached hydrogens (tertiary/aromatic N) is 4. The van der Waals surface area contributed by atoms with Crippen LogP contribution in [0.1, 0.15) is 25.2 Å². The van der Waals surface area contributed by atoms with Crippen molar-refractivity contribution in [2.75, 3.05) is 31.2 Å². The SMILES string of the molecule is Cc1nn(CC(=O)N(c2ccccc2)C(C)C)c(C)c1S(=O)(=O)N1CCOCC1. The van der Waals surface area contributed by atoms with E-state index in [4.69, 9.17) is 4.74 Å². The van der Waals surface area contributed by atoms with Gasteiger partial charge in [-0.15, -0.1) is 0 Å². The topological polar surface area (TPSA) is 84.7 Å². The van der Waals surface area contributed by atoms with Crippen LogP contribution < -0.4 is 4.90 Å². The van der Waals surface area contributed by atoms with Gasteiger partial charge in [-0.05, 0) is 39.8 Å². The summed E-state index contributed by atoms with van der Waals surface area (Å²) in [6, 6.07) is 9.39. The molecule has 8 nitrogen and oxygen atoms in total. The third-order valence-electron chi connectivity index (χ3n) is 4.99. The lowest BCUT2D eigenvalue weighted by Gasteiger charge is -2.27. The first-order valence-corrected chi connectivity index (χ1v) is 11.2. The van der Waals surface area contributed by atoms with Crippen molar-refractivity contribution in [2.24, 2.45) is 0 Å². The van der Waals surface area contributed by atoms with Crippen LogP contribution >= 0.6 is 0 Å². The van der Waals surface area contributed by atoms with Crippen LogP contribution in [0.25, 0.3) is 0 Å². The van der Waals surface area contributed by atoms with E-state index in [0.29, 0.717) is 37.7 Å². The minimum absolute atomic E-state index is 0.0294. The van der Waals surface area contributed by atoms with Gasteiger partial charge in [0.1, 0.15) is 11.4 Å². The van der Waals surface area contributed by atoms with Crippen LogP contribution in [0.3, 0.4) is 0 Å². The maximum absolute atomic E-state index is 13.1. The lowest BCUT2D eigenvalue weighted by Crippen LogP contribution is -2.41. The molecular weight excluding hydrogens is 392 g/mol. The van der Waals surface area contributed by atoms with Crippen molar-refractivity contribution in [3.8, 4) is 0 Å². The molecule has 0 atom stereocenters. The number of aromatic nitrogens is 2. The number of rotatable bonds is 6. The second-order valence-electron chi connectivity index (χ2n) is 7.37. The molecule has 0 radical (unpaired) electrons. The number of ether oxygens (including phenoxy) is 1. The van der Waals surface area contributed by atoms with Crippen molar-refractivity contribution in [3.05, 3.63) is 41.7 Å². The number of para-hydroxylation sites is 1. The first-order chi connectivity index (χ1) is 13.7. The largest absolute Gasteiger partial charge is 0.379 e. The second kappa shape index (κ2) is 8.64. The predicted molar refractivity (Wildman–Crippen MR) is 110 cm³/mol. The number of hydrogen-bond donors (Lipinski definition) is 0. The van der Waals surface area contributed by atoms with Crippen molar-refractivity contribution in [1.29, 1.82) is 0 Å². The number of amides is 1. The molecule has 0 aliphatic carbocycles. The number of hydrogen-bond acceptors (Lipinski definition) is 5. The molecule has 1 aliphatic heterocycles. The van der Waals surface area contributed by atoms with Crippen molar-refractivity contribution in [1.82, 2.24) is 14.1 Å². The summed E-state index contributed by atoms with van der Waals surface area (Å²) in [7, 11) is -3.68. The Morgan fingerprint density at radius 3 is 2.38 bits per heavy atom. The van der Waals surface area contributed by atoms with Gasteiger partial charge in [0.25, 0.3) is 0 Å². The number of morpholine rings is 1. The van der Waals surface area contributed by atoms with E-state index in [1.54, 1.807) is 18.7 Å². The molecule has 2 heterocycles. The molecule has 1 aromatic heterocycles. The van der Waals surface area contributed by atoms with E-state index >= 15 is 0 Å². The molecule has 1 saturated heterocycles. The molecule has 2 aromatic rings. The lowest BCUT2D eigenvalue weighted by molar-refractivity contribution is -0.119. The fourth-order valence-electron chi connectivity index (χ4n) is 3.65. The number of anilines is 1. The van der Waals surface area contributed by atoms with Crippen LogP contribution in [0.4, 0.5) is 5.69 Å². The molecule has 0 bridgehead atoms. The molecule has 1 fully saturated rings. The summed E-state index contributed by atoms with van der Waals surface area (Å²) in [4.78, 5) is 15.0. The summed E-state index contributed by atoms with van der Waals surface area (Å²) in [5.74, 6) is -0.146. The predicted octanol–water partition coefficient (Wildman–Crippen LogP) is 1.96. The van der Waals surface area contributed by atoms with Crippen LogP contribution in [-0.2, 0) is 26.1 Å². The highest BCUT2D eigenvalue weighted by atomic mass is 32.2. The molecular formula is C20H28N4O4S. The van der Waals surface area contributed by atoms with E-state index in [0.717, 1.165) is 5.69 Å². The zero-order valence-corrected chi connectivity index (χ0v) is 18.1. The maximum atomic E-state index is 13.1. The standard InChI is InChI=1S/C20H28N4O4S/c1-15(2)24(18-8-6-5-7-9-18)19(25)14-23-17(4)20(16(3)21-23)29(26,27)22-10-12-28-13-11-22/h5-9,15H,10-14H2,1-4H3. The summed E-state index contributed by atoms with van der Waals surface area (Å²) in [6.07, 6.45) is 0. The van der Waals surface area contributed by atoms with Gasteiger partial charge in [0.2, 0.25) is 15.9 Å². The van der Waals surface area contributed by atoms with Crippen molar-refractivity contribution < 1.29 is 17.9 Å². The third-order valence-corrected chi connectivity index (χ3v) is 7.14. The highest BCUT2D eigenvalue weighted by Crippen LogP contribution is 2.25. The number of benzene rings is 1. The van der Waals surface area contributed by atoms with E-state index in [-0.39, 0.29) is 23.4 Å². The molecule has 29 heavy (non-hydrogen) atoms. The number of carbonyl (C=O) groups excluding carboxylic acids is 1. The quantitative estimate of drug-likeness (QED) is 0.713. The molecule has 1 aliphatic rings. The minimum atomic E-state index is -3.68. The highest BCUT2D eigenvalue weighted by Gasteiger charge is 2.32. The summed E-state index contributed by atoms with van der Waals surface area (Å²) in [6.45, 7) is 8.62. The summed E-state index contributed by atoms with van der Waals surface area (Å²) < 4.78 is 34.4. The second-order valence-corrected chi connectivity index (χ2v) is 9.24. The monoisotopic (exact) mass is 420 g/mol. The van der Waals surface area contributed by atoms with E-state index in [2.05, 4.69) is 5.10 Å². The van der Waals surface area contributed by atoms with Gasteiger partial charge in [0, 0.05) is 24.8 Å². The van der Waals surface area contributed by atoms with Gasteiger partial charge in [0.15, 0.2) is 0 Å². The number of sulfonamides is 1. The van der Waals surface area contributed by atoms with Crippen molar-refractivity contribution in [3.63, 3.8) is 0 Å². The fourth-order valence-corrected chi connectivity index (χ4v) is 5.43. The summed E-state index contributed by atoms with van der Waals surface area (Å²) in [5, 5.41) is 4.38. The Labute approximate surface area is 172 Å². The maximum Gasteiger partial charge on any atom is 0.248 e. The van der Waals surface area contributed by atoms with E-state index in [1.807, 2.05) is 44.2 Å². The van der Waals surface area contributed by atoms with Crippen LogP contribution in [-0.4, -0.2) is 60.8 Å². The molecule has 0 spiro atoms. The Balaban J connectivity index is 1.89. The molecule has 0 saturated carbocycles. The van der Waals surface area contributed by atoms with Gasteiger partial charge < -0.3 is 9.64 Å². The van der Waals surface area contributed by atoms with Gasteiger partial charge >= 0.3 is 0 Å². The van der Waals surface area contributed by atoms with Crippen LogP contribution in [0.2, 0.25) is 0 Å². The minimum Gasteiger partial charge on any atom is -0.379 e. The van der Waals surface area contributed by atoms with Gasteiger partial charge in [-0.1, -0.05) is 18.2 Å². The van der Waals surface area contributed by atoms with Gasteiger partial charge in [0.05, 0.1) is 24.6 Å². The Kier molecular flexibility index (Phi) is 6.40. The number of aryl methyl sites for hydroxylation is 1. The van der Waals surface area contributed by atoms with Crippen LogP contribution in [0.15, 0.2) is 35.2 Å². The molecule has 158 valence electrons. The average Bonchev–Trinajstić information content (AvgIpc) is 2.96. The first-order valence-electron chi connectivity index (χ1n) is 9.72. The third kappa shape index (κ3) is 4.36. The van der Waals surface area contributed by atoms with Gasteiger partial charge in [-0.3, -0.25) is 9.48 Å². The first kappa shape index (κ1) is 21.5. The fraction of sp³-hybridized carbons (Fsp3) is 0.500. The smallest absolute Gasteiger partial charge is 0.248 e. The Morgan fingerprint density at radius 1 is 1.17 bits per heavy atom. The zero-order chi connectivity index (χ0) is 21.2. The zero-order valence-electron chi connectivity index (χ0n) is 17.3. The number of carbonyl (C=O) groups is 1. The molecule has 3 rings (SSSR count). The highest BCUT2D eigenvalue weighted by molar-refractivity contribution is 7.89. The average molecular weight is 421 g/mol. The summed E-state index contributed by atoms with van der Waals surface area (Å²) in [5.41, 5.74) is 1.67. The van der Waals surface area contributed by atoms with Crippen molar-refractivity contribution in [2.45, 2.75) is 45.2 Å². The lowest BCUT2D eigenvalue weighted by atomic mass is 10.2. The molecule has 0 N–H and O–H groups in total. The normalized spacial score (nSPS) is 15.6.